The molecule has 31 heavy (non-hydrogen) atoms. The molecule has 3 aromatic rings. The molecule has 3 aromatic carbocycles. The predicted octanol–water partition coefficient (Wildman–Crippen LogP) is 4.33. The summed E-state index contributed by atoms with van der Waals surface area (Å²) in [4.78, 5) is 19.5. The number of hydrogen-bond acceptors (Lipinski definition) is 4. The van der Waals surface area contributed by atoms with Gasteiger partial charge in [0.25, 0.3) is 5.91 Å². The van der Waals surface area contributed by atoms with Crippen molar-refractivity contribution in [3.8, 4) is 16.9 Å². The van der Waals surface area contributed by atoms with Crippen molar-refractivity contribution in [3.63, 3.8) is 0 Å². The number of carbonyl (C=O) groups excluding carboxylic acids is 1. The van der Waals surface area contributed by atoms with Crippen LogP contribution in [0.2, 0.25) is 0 Å². The minimum Gasteiger partial charge on any atom is -0.497 e. The SMILES string of the molecule is COc1cccc(C(CN(C)C)NC(=O)c2cccc(-c3ccc4c(c3)C=NC4)c2)c1. The molecule has 1 aliphatic heterocycles. The minimum atomic E-state index is -0.155. The molecule has 1 N–H and O–H groups in total. The Morgan fingerprint density at radius 1 is 1.06 bits per heavy atom. The van der Waals surface area contributed by atoms with Crippen LogP contribution >= 0.6 is 0 Å². The monoisotopic (exact) mass is 413 g/mol. The van der Waals surface area contributed by atoms with E-state index in [0.29, 0.717) is 12.1 Å². The molecule has 4 rings (SSSR count). The van der Waals surface area contributed by atoms with E-state index in [1.165, 1.54) is 5.56 Å². The minimum absolute atomic E-state index is 0.0979. The maximum Gasteiger partial charge on any atom is 0.251 e. The zero-order valence-corrected chi connectivity index (χ0v) is 18.1. The Labute approximate surface area is 183 Å². The molecule has 158 valence electrons. The fourth-order valence-electron chi connectivity index (χ4n) is 3.82. The van der Waals surface area contributed by atoms with Gasteiger partial charge in [0.05, 0.1) is 19.7 Å². The van der Waals surface area contributed by atoms with Gasteiger partial charge in [-0.15, -0.1) is 0 Å². The molecule has 0 saturated heterocycles. The van der Waals surface area contributed by atoms with Crippen molar-refractivity contribution in [2.75, 3.05) is 27.7 Å². The highest BCUT2D eigenvalue weighted by Gasteiger charge is 2.18. The lowest BCUT2D eigenvalue weighted by molar-refractivity contribution is 0.0930. The summed E-state index contributed by atoms with van der Waals surface area (Å²) in [7, 11) is 5.64. The summed E-state index contributed by atoms with van der Waals surface area (Å²) in [6.45, 7) is 1.43. The molecule has 0 aromatic heterocycles. The first-order valence-corrected chi connectivity index (χ1v) is 10.4. The lowest BCUT2D eigenvalue weighted by Gasteiger charge is -2.23. The maximum atomic E-state index is 13.2. The lowest BCUT2D eigenvalue weighted by Crippen LogP contribution is -2.35. The number of fused-ring (bicyclic) bond motifs is 1. The molecular weight excluding hydrogens is 386 g/mol. The van der Waals surface area contributed by atoms with Crippen LogP contribution in [-0.2, 0) is 6.54 Å². The van der Waals surface area contributed by atoms with Crippen LogP contribution in [0.1, 0.15) is 33.1 Å². The Balaban J connectivity index is 1.58. The third-order valence-corrected chi connectivity index (χ3v) is 5.45. The van der Waals surface area contributed by atoms with Gasteiger partial charge < -0.3 is 15.0 Å². The first kappa shape index (κ1) is 20.8. The van der Waals surface area contributed by atoms with Crippen molar-refractivity contribution in [2.45, 2.75) is 12.6 Å². The second-order valence-electron chi connectivity index (χ2n) is 8.03. The molecule has 0 radical (unpaired) electrons. The fraction of sp³-hybridized carbons (Fsp3) is 0.231. The fourth-order valence-corrected chi connectivity index (χ4v) is 3.82. The molecule has 1 atom stereocenters. The van der Waals surface area contributed by atoms with Crippen LogP contribution in [0.4, 0.5) is 0 Å². The van der Waals surface area contributed by atoms with Crippen LogP contribution in [-0.4, -0.2) is 44.8 Å². The maximum absolute atomic E-state index is 13.2. The van der Waals surface area contributed by atoms with E-state index >= 15 is 0 Å². The Hall–Kier alpha value is -3.44. The number of benzene rings is 3. The lowest BCUT2D eigenvalue weighted by atomic mass is 9.98. The first-order valence-electron chi connectivity index (χ1n) is 10.4. The summed E-state index contributed by atoms with van der Waals surface area (Å²) in [5.74, 6) is 0.678. The van der Waals surface area contributed by atoms with Crippen LogP contribution in [0.15, 0.2) is 71.7 Å². The number of rotatable bonds is 7. The predicted molar refractivity (Wildman–Crippen MR) is 125 cm³/mol. The molecule has 0 spiro atoms. The second kappa shape index (κ2) is 9.14. The summed E-state index contributed by atoms with van der Waals surface area (Å²) in [6.07, 6.45) is 1.91. The molecule has 1 heterocycles. The largest absolute Gasteiger partial charge is 0.497 e. The normalized spacial score (nSPS) is 13.2. The number of methoxy groups -OCH3 is 1. The van der Waals surface area contributed by atoms with Gasteiger partial charge >= 0.3 is 0 Å². The van der Waals surface area contributed by atoms with Crippen LogP contribution in [0.5, 0.6) is 5.75 Å². The van der Waals surface area contributed by atoms with Crippen molar-refractivity contribution in [3.05, 3.63) is 89.0 Å². The van der Waals surface area contributed by atoms with Gasteiger partial charge in [0.15, 0.2) is 0 Å². The topological polar surface area (TPSA) is 53.9 Å². The summed E-state index contributed by atoms with van der Waals surface area (Å²) < 4.78 is 5.36. The van der Waals surface area contributed by atoms with Crippen molar-refractivity contribution in [2.24, 2.45) is 4.99 Å². The number of ether oxygens (including phenoxy) is 1. The van der Waals surface area contributed by atoms with E-state index in [-0.39, 0.29) is 11.9 Å². The van der Waals surface area contributed by atoms with Crippen LogP contribution in [0, 0.1) is 0 Å². The summed E-state index contributed by atoms with van der Waals surface area (Å²) in [6, 6.07) is 21.8. The number of nitrogens with one attached hydrogen (secondary N) is 1. The van der Waals surface area contributed by atoms with E-state index in [9.17, 15) is 4.79 Å². The standard InChI is InChI=1S/C26H27N3O2/c1-29(2)17-25(20-7-5-9-24(14-20)31-3)28-26(30)21-8-4-6-18(12-21)19-10-11-22-15-27-16-23(22)13-19/h4-14,16,25H,15,17H2,1-3H3,(H,28,30). The molecule has 5 heteroatoms. The van der Waals surface area contributed by atoms with E-state index in [4.69, 9.17) is 4.74 Å². The Morgan fingerprint density at radius 3 is 2.68 bits per heavy atom. The van der Waals surface area contributed by atoms with Crippen molar-refractivity contribution in [1.29, 1.82) is 0 Å². The van der Waals surface area contributed by atoms with Crippen LogP contribution < -0.4 is 10.1 Å². The second-order valence-corrected chi connectivity index (χ2v) is 8.03. The van der Waals surface area contributed by atoms with Gasteiger partial charge in [0, 0.05) is 18.3 Å². The Bertz CT molecular complexity index is 1120. The molecule has 1 unspecified atom stereocenters. The van der Waals surface area contributed by atoms with Crippen molar-refractivity contribution < 1.29 is 9.53 Å². The molecule has 1 amide bonds. The highest BCUT2D eigenvalue weighted by atomic mass is 16.5. The highest BCUT2D eigenvalue weighted by Crippen LogP contribution is 2.26. The van der Waals surface area contributed by atoms with Gasteiger partial charge in [0.1, 0.15) is 5.75 Å². The van der Waals surface area contributed by atoms with E-state index in [2.05, 4.69) is 33.4 Å². The number of likely N-dealkylation sites (N-methyl/N-ethyl adjacent to an activating group) is 1. The zero-order valence-electron chi connectivity index (χ0n) is 18.1. The molecule has 0 bridgehead atoms. The van der Waals surface area contributed by atoms with Crippen molar-refractivity contribution >= 4 is 12.1 Å². The van der Waals surface area contributed by atoms with Gasteiger partial charge in [-0.3, -0.25) is 9.79 Å². The third kappa shape index (κ3) is 4.84. The molecule has 0 saturated carbocycles. The molecule has 5 nitrogen and oxygen atoms in total. The average molecular weight is 414 g/mol. The number of nitrogens with zero attached hydrogens (tertiary/aromatic N) is 2. The number of aliphatic imine (C=N–C) groups is 1. The van der Waals surface area contributed by atoms with Crippen molar-refractivity contribution in [1.82, 2.24) is 10.2 Å². The Morgan fingerprint density at radius 2 is 1.87 bits per heavy atom. The average Bonchev–Trinajstić information content (AvgIpc) is 3.26. The highest BCUT2D eigenvalue weighted by molar-refractivity contribution is 5.96. The van der Waals surface area contributed by atoms with Gasteiger partial charge in [-0.25, -0.2) is 0 Å². The van der Waals surface area contributed by atoms with Gasteiger partial charge in [-0.2, -0.15) is 0 Å². The van der Waals surface area contributed by atoms with E-state index in [0.717, 1.165) is 34.5 Å². The van der Waals surface area contributed by atoms with E-state index in [1.54, 1.807) is 7.11 Å². The third-order valence-electron chi connectivity index (χ3n) is 5.45. The number of carbonyl (C=O) groups is 1. The molecule has 0 fully saturated rings. The molecular formula is C26H27N3O2. The first-order chi connectivity index (χ1) is 15.0. The van der Waals surface area contributed by atoms with Crippen LogP contribution in [0.25, 0.3) is 11.1 Å². The summed E-state index contributed by atoms with van der Waals surface area (Å²) in [5.41, 5.74) is 6.13. The summed E-state index contributed by atoms with van der Waals surface area (Å²) in [5, 5.41) is 3.20. The smallest absolute Gasteiger partial charge is 0.251 e. The number of hydrogen-bond donors (Lipinski definition) is 1. The van der Waals surface area contributed by atoms with Gasteiger partial charge in [-0.1, -0.05) is 36.4 Å². The quantitative estimate of drug-likeness (QED) is 0.627. The van der Waals surface area contributed by atoms with Gasteiger partial charge in [0.2, 0.25) is 0 Å². The van der Waals surface area contributed by atoms with E-state index in [1.807, 2.05) is 68.8 Å². The van der Waals surface area contributed by atoms with E-state index < -0.39 is 0 Å². The Kier molecular flexibility index (Phi) is 6.14. The summed E-state index contributed by atoms with van der Waals surface area (Å²) >= 11 is 0. The van der Waals surface area contributed by atoms with Crippen LogP contribution in [0.3, 0.4) is 0 Å². The zero-order chi connectivity index (χ0) is 21.8. The molecule has 1 aliphatic rings. The number of amides is 1. The van der Waals surface area contributed by atoms with Gasteiger partial charge in [-0.05, 0) is 72.2 Å². The molecule has 0 aliphatic carbocycles.